The Hall–Kier alpha value is -2.11. The molecule has 0 radical (unpaired) electrons. The first-order chi connectivity index (χ1) is 48.2. The highest BCUT2D eigenvalue weighted by molar-refractivity contribution is 5.79. The van der Waals surface area contributed by atoms with Gasteiger partial charge in [0, 0.05) is 11.3 Å². The van der Waals surface area contributed by atoms with E-state index in [1.165, 1.54) is 13.8 Å². The predicted octanol–water partition coefficient (Wildman–Crippen LogP) is -7.03. The Labute approximate surface area is 594 Å². The SMILES string of the molecule is CC1OC(OC2C(O)COC(OC3C(OC4C(OC(=O)C56CCC(C)(C)CC5C5=CCC7C8(C)CC(O)C(O)C(C)(COC9OC(CO)C(O)C(O)C9OC9OCC(O)(CO)C9O)C8C(O)CC7(C)C5(C)CC6)OCC(O)C4O)OC(C)C(O)C3O)C2OC2OCC(O)(CO)C2O)C(O)C(O)C1O. The average molecular weight is 1490 g/mol. The van der Waals surface area contributed by atoms with Crippen LogP contribution >= 0.6 is 0 Å². The maximum Gasteiger partial charge on any atom is 0.315 e. The molecule has 20 N–H and O–H groups in total. The van der Waals surface area contributed by atoms with Crippen molar-refractivity contribution in [3.63, 3.8) is 0 Å². The molecular weight excluding hydrogens is 1380 g/mol. The Kier molecular flexibility index (Phi) is 23.1. The summed E-state index contributed by atoms with van der Waals surface area (Å²) in [7, 11) is 0. The fourth-order valence-corrected chi connectivity index (χ4v) is 19.9. The lowest BCUT2D eigenvalue weighted by Gasteiger charge is -2.72. The van der Waals surface area contributed by atoms with E-state index >= 15 is 4.79 Å². The Morgan fingerprint density at radius 2 is 1.03 bits per heavy atom. The van der Waals surface area contributed by atoms with Gasteiger partial charge in [0.2, 0.25) is 6.29 Å². The Morgan fingerprint density at radius 3 is 1.65 bits per heavy atom. The fraction of sp³-hybridized carbons (Fsp3) is 0.956. The first kappa shape index (κ1) is 80.4. The summed E-state index contributed by atoms with van der Waals surface area (Å²) in [5, 5.41) is 224. The minimum atomic E-state index is -2.27. The van der Waals surface area contributed by atoms with Crippen molar-refractivity contribution in [1.82, 2.24) is 0 Å². The number of aliphatic hydroxyl groups is 20. The molecule has 12 rings (SSSR count). The molecule has 7 saturated heterocycles. The summed E-state index contributed by atoms with van der Waals surface area (Å²) < 4.78 is 84.6. The minimum Gasteiger partial charge on any atom is -0.432 e. The largest absolute Gasteiger partial charge is 0.432 e. The first-order valence-corrected chi connectivity index (χ1v) is 35.9. The molecule has 0 amide bonds. The molecule has 103 heavy (non-hydrogen) atoms. The van der Waals surface area contributed by atoms with Crippen molar-refractivity contribution in [3.05, 3.63) is 11.6 Å². The van der Waals surface area contributed by atoms with E-state index in [0.29, 0.717) is 32.1 Å². The number of aliphatic hydroxyl groups excluding tert-OH is 18. The third-order valence-electron chi connectivity index (χ3n) is 26.3. The van der Waals surface area contributed by atoms with Crippen LogP contribution in [0.15, 0.2) is 11.6 Å². The minimum absolute atomic E-state index is 0.0383. The molecular formula is C68H110O35. The number of esters is 1. The van der Waals surface area contributed by atoms with Crippen molar-refractivity contribution >= 4 is 5.97 Å². The summed E-state index contributed by atoms with van der Waals surface area (Å²) in [4.78, 5) is 15.8. The smallest absolute Gasteiger partial charge is 0.315 e. The number of hydrogen-bond acceptors (Lipinski definition) is 35. The summed E-state index contributed by atoms with van der Waals surface area (Å²) in [6.07, 6.45) is -46.6. The average Bonchev–Trinajstić information content (AvgIpc) is 1.01. The van der Waals surface area contributed by atoms with Crippen LogP contribution in [0.4, 0.5) is 0 Å². The Bertz CT molecular complexity index is 2980. The molecule has 0 aromatic carbocycles. The van der Waals surface area contributed by atoms with Gasteiger partial charge in [-0.1, -0.05) is 53.2 Å². The fourth-order valence-electron chi connectivity index (χ4n) is 19.9. The van der Waals surface area contributed by atoms with E-state index < -0.39 is 293 Å². The van der Waals surface area contributed by atoms with Crippen molar-refractivity contribution in [2.24, 2.45) is 50.2 Å². The van der Waals surface area contributed by atoms with Crippen LogP contribution in [0.25, 0.3) is 0 Å². The normalized spacial score (nSPS) is 55.8. The highest BCUT2D eigenvalue weighted by Gasteiger charge is 2.74. The molecule has 7 heterocycles. The van der Waals surface area contributed by atoms with Crippen LogP contribution in [-0.2, 0) is 71.1 Å². The first-order valence-electron chi connectivity index (χ1n) is 35.9. The van der Waals surface area contributed by atoms with Gasteiger partial charge in [0.15, 0.2) is 43.8 Å². The topological polar surface area (TPSA) is 551 Å². The van der Waals surface area contributed by atoms with Crippen LogP contribution < -0.4 is 0 Å². The van der Waals surface area contributed by atoms with Crippen LogP contribution in [0.3, 0.4) is 0 Å². The lowest BCUT2D eigenvalue weighted by Crippen LogP contribution is -2.72. The van der Waals surface area contributed by atoms with E-state index in [2.05, 4.69) is 33.8 Å². The highest BCUT2D eigenvalue weighted by Crippen LogP contribution is 2.76. The van der Waals surface area contributed by atoms with Gasteiger partial charge in [-0.25, -0.2) is 0 Å². The third kappa shape index (κ3) is 13.6. The molecule has 40 unspecified atom stereocenters. The number of fused-ring (bicyclic) bond motifs is 7. The van der Waals surface area contributed by atoms with Crippen molar-refractivity contribution in [2.75, 3.05) is 52.9 Å². The molecule has 4 saturated carbocycles. The molecule has 0 bridgehead atoms. The molecule has 40 atom stereocenters. The molecule has 35 heteroatoms. The second-order valence-corrected chi connectivity index (χ2v) is 33.4. The molecule has 11 fully saturated rings. The van der Waals surface area contributed by atoms with Gasteiger partial charge in [-0.05, 0) is 98.7 Å². The van der Waals surface area contributed by atoms with E-state index in [9.17, 15) is 102 Å². The van der Waals surface area contributed by atoms with Gasteiger partial charge in [0.05, 0.1) is 88.8 Å². The van der Waals surface area contributed by atoms with Gasteiger partial charge in [0.25, 0.3) is 0 Å². The number of ether oxygens (including phenoxy) is 14. The number of carbonyl (C=O) groups excluding carboxylic acids is 1. The summed E-state index contributed by atoms with van der Waals surface area (Å²) in [6.45, 7) is 9.24. The zero-order valence-corrected chi connectivity index (χ0v) is 59.0. The standard InChI is InChI=1S/C68H110O35/c1-26-36(76)40(80)43(83)53(95-26)98-44-33(75)20-91-56(48(44)102-59-52(86)68(89,22-71)25-94-59)99-47-41(81)37(77)27(2)96-57(47)100-45-38(78)32(74)19-90-54(45)103-60(87)66-13-11-61(3,4)15-29(66)28-9-10-35-62(5)16-31(73)50(84)63(6,49(62)30(72)17-65(35,8)64(28,7)12-14-66)23-92-55-46(42(82)39(79)34(18-69)97-55)101-58-51(85)67(88,21-70)24-93-58/h9,26-27,29-59,69-86,88-89H,10-25H2,1-8H3. The molecule has 0 spiro atoms. The molecule has 0 aromatic heterocycles. The van der Waals surface area contributed by atoms with Crippen molar-refractivity contribution in [1.29, 1.82) is 0 Å². The third-order valence-corrected chi connectivity index (χ3v) is 26.3. The van der Waals surface area contributed by atoms with Crippen LogP contribution in [0, 0.1) is 50.2 Å². The van der Waals surface area contributed by atoms with Gasteiger partial charge < -0.3 is 168 Å². The molecule has 0 aromatic rings. The Balaban J connectivity index is 0.802. The maximum atomic E-state index is 15.8. The van der Waals surface area contributed by atoms with E-state index in [4.69, 9.17) is 66.3 Å². The molecule has 5 aliphatic carbocycles. The number of hydrogen-bond donors (Lipinski definition) is 20. The van der Waals surface area contributed by atoms with Gasteiger partial charge in [-0.15, -0.1) is 0 Å². The Morgan fingerprint density at radius 1 is 0.495 bits per heavy atom. The second-order valence-electron chi connectivity index (χ2n) is 33.4. The van der Waals surface area contributed by atoms with E-state index in [1.807, 2.05) is 6.92 Å². The lowest BCUT2D eigenvalue weighted by molar-refractivity contribution is -0.396. The van der Waals surface area contributed by atoms with Crippen molar-refractivity contribution < 1.29 is 173 Å². The zero-order chi connectivity index (χ0) is 75.1. The van der Waals surface area contributed by atoms with Gasteiger partial charge in [0.1, 0.15) is 115 Å². The van der Waals surface area contributed by atoms with Gasteiger partial charge in [-0.3, -0.25) is 4.79 Å². The number of allylic oxidation sites excluding steroid dienone is 2. The summed E-state index contributed by atoms with van der Waals surface area (Å²) in [5.41, 5.74) is -9.07. The molecule has 7 aliphatic heterocycles. The summed E-state index contributed by atoms with van der Waals surface area (Å²) in [5.74, 6) is -2.36. The van der Waals surface area contributed by atoms with Gasteiger partial charge >= 0.3 is 5.97 Å². The molecule has 12 aliphatic rings. The van der Waals surface area contributed by atoms with Crippen LogP contribution in [-0.4, -0.2) is 357 Å². The summed E-state index contributed by atoms with van der Waals surface area (Å²) >= 11 is 0. The molecule has 592 valence electrons. The quantitative estimate of drug-likeness (QED) is 0.0448. The monoisotopic (exact) mass is 1490 g/mol. The van der Waals surface area contributed by atoms with E-state index in [0.717, 1.165) is 5.57 Å². The molecule has 35 nitrogen and oxygen atoms in total. The van der Waals surface area contributed by atoms with Crippen molar-refractivity contribution in [2.45, 2.75) is 302 Å². The van der Waals surface area contributed by atoms with Crippen molar-refractivity contribution in [3.8, 4) is 0 Å². The number of carbonyl (C=O) groups is 1. The number of rotatable bonds is 18. The summed E-state index contributed by atoms with van der Waals surface area (Å²) in [6, 6.07) is 0. The van der Waals surface area contributed by atoms with E-state index in [1.54, 1.807) is 6.92 Å². The lowest BCUT2D eigenvalue weighted by atomic mass is 9.33. The predicted molar refractivity (Wildman–Crippen MR) is 338 cm³/mol. The maximum absolute atomic E-state index is 15.8. The second kappa shape index (κ2) is 29.5. The van der Waals surface area contributed by atoms with Crippen LogP contribution in [0.1, 0.15) is 107 Å². The zero-order valence-electron chi connectivity index (χ0n) is 59.0. The van der Waals surface area contributed by atoms with Crippen LogP contribution in [0.2, 0.25) is 0 Å². The van der Waals surface area contributed by atoms with Gasteiger partial charge in [-0.2, -0.15) is 0 Å². The van der Waals surface area contributed by atoms with Crippen LogP contribution in [0.5, 0.6) is 0 Å². The van der Waals surface area contributed by atoms with E-state index in [-0.39, 0.29) is 30.6 Å². The highest BCUT2D eigenvalue weighted by atomic mass is 16.8.